The first-order chi connectivity index (χ1) is 27.5. The van der Waals surface area contributed by atoms with E-state index in [0.717, 1.165) is 0 Å². The molecule has 1 heteroatoms. The monoisotopic (exact) mass is 728 g/mol. The molecule has 262 valence electrons. The van der Waals surface area contributed by atoms with E-state index in [1.165, 1.54) is 119 Å². The van der Waals surface area contributed by atoms with Crippen LogP contribution in [0.2, 0.25) is 0 Å². The second-order valence-electron chi connectivity index (χ2n) is 16.0. The highest BCUT2D eigenvalue weighted by Gasteiger charge is 2.38. The second kappa shape index (κ2) is 11.7. The summed E-state index contributed by atoms with van der Waals surface area (Å²) in [4.78, 5) is 0. The SMILES string of the molecule is CC1(C)c2ccccc2-c2cc(-c3ccc(-c4c5ccccc5c(-c5ccc6ccccc6c5)c5ccccc45)cc3)c3c(sc4c5ccccc5ccc43)c21. The highest BCUT2D eigenvalue weighted by atomic mass is 32.1. The molecular weight excluding hydrogens is 693 g/mol. The third-order valence-electron chi connectivity index (χ3n) is 12.6. The third kappa shape index (κ3) is 4.41. The first-order valence-corrected chi connectivity index (χ1v) is 20.4. The molecule has 0 saturated carbocycles. The molecule has 0 aliphatic heterocycles. The highest BCUT2D eigenvalue weighted by molar-refractivity contribution is 7.27. The Labute approximate surface area is 329 Å². The van der Waals surface area contributed by atoms with Crippen molar-refractivity contribution in [1.29, 1.82) is 0 Å². The van der Waals surface area contributed by atoms with E-state index < -0.39 is 0 Å². The lowest BCUT2D eigenvalue weighted by Crippen LogP contribution is -2.15. The van der Waals surface area contributed by atoms with Crippen LogP contribution in [0.1, 0.15) is 25.0 Å². The summed E-state index contributed by atoms with van der Waals surface area (Å²) in [7, 11) is 0. The number of benzene rings is 10. The van der Waals surface area contributed by atoms with Gasteiger partial charge in [0.25, 0.3) is 0 Å². The number of hydrogen-bond donors (Lipinski definition) is 0. The summed E-state index contributed by atoms with van der Waals surface area (Å²) in [6, 6.07) is 68.1. The highest BCUT2D eigenvalue weighted by Crippen LogP contribution is 2.57. The number of rotatable bonds is 3. The number of hydrogen-bond acceptors (Lipinski definition) is 1. The van der Waals surface area contributed by atoms with Crippen LogP contribution >= 0.6 is 11.3 Å². The van der Waals surface area contributed by atoms with E-state index in [9.17, 15) is 0 Å². The van der Waals surface area contributed by atoms with Crippen molar-refractivity contribution >= 4 is 74.6 Å². The van der Waals surface area contributed by atoms with E-state index in [1.807, 2.05) is 11.3 Å². The van der Waals surface area contributed by atoms with Crippen molar-refractivity contribution in [3.63, 3.8) is 0 Å². The molecule has 0 N–H and O–H groups in total. The van der Waals surface area contributed by atoms with E-state index in [1.54, 1.807) is 0 Å². The van der Waals surface area contributed by atoms with Gasteiger partial charge >= 0.3 is 0 Å². The van der Waals surface area contributed by atoms with Gasteiger partial charge in [-0.1, -0.05) is 184 Å². The molecule has 0 amide bonds. The topological polar surface area (TPSA) is 0 Å². The van der Waals surface area contributed by atoms with E-state index >= 15 is 0 Å². The van der Waals surface area contributed by atoms with Crippen molar-refractivity contribution in [2.24, 2.45) is 0 Å². The smallest absolute Gasteiger partial charge is 0.0434 e. The molecule has 0 unspecified atom stereocenters. The maximum Gasteiger partial charge on any atom is 0.0434 e. The van der Waals surface area contributed by atoms with Gasteiger partial charge < -0.3 is 0 Å². The average molecular weight is 729 g/mol. The van der Waals surface area contributed by atoms with Crippen molar-refractivity contribution < 1.29 is 0 Å². The Bertz CT molecular complexity index is 3370. The summed E-state index contributed by atoms with van der Waals surface area (Å²) in [6.45, 7) is 4.82. The molecule has 0 spiro atoms. The van der Waals surface area contributed by atoms with Crippen LogP contribution in [0.3, 0.4) is 0 Å². The van der Waals surface area contributed by atoms with Gasteiger partial charge in [0.2, 0.25) is 0 Å². The van der Waals surface area contributed by atoms with Crippen LogP contribution in [0.4, 0.5) is 0 Å². The van der Waals surface area contributed by atoms with E-state index in [-0.39, 0.29) is 5.41 Å². The second-order valence-corrected chi connectivity index (χ2v) is 17.0. The zero-order valence-corrected chi connectivity index (χ0v) is 32.0. The Morgan fingerprint density at radius 3 is 1.61 bits per heavy atom. The maximum atomic E-state index is 2.50. The van der Waals surface area contributed by atoms with Crippen molar-refractivity contribution in [3.05, 3.63) is 193 Å². The van der Waals surface area contributed by atoms with Crippen molar-refractivity contribution in [3.8, 4) is 44.5 Å². The Morgan fingerprint density at radius 1 is 0.357 bits per heavy atom. The summed E-state index contributed by atoms with van der Waals surface area (Å²) in [5.41, 5.74) is 13.1. The predicted octanol–water partition coefficient (Wildman–Crippen LogP) is 16.0. The van der Waals surface area contributed by atoms with Gasteiger partial charge in [-0.25, -0.2) is 0 Å². The van der Waals surface area contributed by atoms with Crippen molar-refractivity contribution in [1.82, 2.24) is 0 Å². The van der Waals surface area contributed by atoms with Gasteiger partial charge in [-0.15, -0.1) is 11.3 Å². The Balaban J connectivity index is 1.10. The molecule has 56 heavy (non-hydrogen) atoms. The van der Waals surface area contributed by atoms with Gasteiger partial charge in [0, 0.05) is 25.6 Å². The number of thiophene rings is 1. The molecule has 0 bridgehead atoms. The molecule has 1 aromatic heterocycles. The van der Waals surface area contributed by atoms with Gasteiger partial charge in [-0.3, -0.25) is 0 Å². The molecule has 0 saturated heterocycles. The molecule has 1 aliphatic carbocycles. The first kappa shape index (κ1) is 31.8. The zero-order valence-electron chi connectivity index (χ0n) is 31.2. The van der Waals surface area contributed by atoms with Gasteiger partial charge in [0.1, 0.15) is 0 Å². The van der Waals surface area contributed by atoms with Gasteiger partial charge in [-0.05, 0) is 111 Å². The van der Waals surface area contributed by atoms with Gasteiger partial charge in [0.15, 0.2) is 0 Å². The fourth-order valence-electron chi connectivity index (χ4n) is 10.0. The van der Waals surface area contributed by atoms with Gasteiger partial charge in [0.05, 0.1) is 0 Å². The van der Waals surface area contributed by atoms with Crippen LogP contribution in [0.25, 0.3) is 108 Å². The molecule has 0 fully saturated rings. The summed E-state index contributed by atoms with van der Waals surface area (Å²) in [5, 5.41) is 13.0. The predicted molar refractivity (Wildman–Crippen MR) is 243 cm³/mol. The molecular formula is C55H36S. The quantitative estimate of drug-likeness (QED) is 0.159. The molecule has 11 aromatic rings. The summed E-state index contributed by atoms with van der Waals surface area (Å²) < 4.78 is 2.79. The van der Waals surface area contributed by atoms with Crippen molar-refractivity contribution in [2.75, 3.05) is 0 Å². The largest absolute Gasteiger partial charge is 0.134 e. The van der Waals surface area contributed by atoms with Crippen LogP contribution in [-0.4, -0.2) is 0 Å². The Kier molecular flexibility index (Phi) is 6.66. The van der Waals surface area contributed by atoms with E-state index in [0.29, 0.717) is 0 Å². The summed E-state index contributed by atoms with van der Waals surface area (Å²) in [5.74, 6) is 0. The third-order valence-corrected chi connectivity index (χ3v) is 13.9. The van der Waals surface area contributed by atoms with Crippen molar-refractivity contribution in [2.45, 2.75) is 19.3 Å². The van der Waals surface area contributed by atoms with Crippen LogP contribution in [0.5, 0.6) is 0 Å². The van der Waals surface area contributed by atoms with Crippen LogP contribution in [0, 0.1) is 0 Å². The zero-order chi connectivity index (χ0) is 37.1. The lowest BCUT2D eigenvalue weighted by atomic mass is 9.81. The first-order valence-electron chi connectivity index (χ1n) is 19.6. The van der Waals surface area contributed by atoms with Gasteiger partial charge in [-0.2, -0.15) is 0 Å². The fourth-order valence-corrected chi connectivity index (χ4v) is 11.6. The molecule has 1 aliphatic rings. The van der Waals surface area contributed by atoms with Crippen LogP contribution in [-0.2, 0) is 5.41 Å². The Morgan fingerprint density at radius 2 is 0.893 bits per heavy atom. The Hall–Kier alpha value is -6.54. The van der Waals surface area contributed by atoms with E-state index in [2.05, 4.69) is 196 Å². The number of fused-ring (bicyclic) bond motifs is 12. The minimum Gasteiger partial charge on any atom is -0.134 e. The lowest BCUT2D eigenvalue weighted by molar-refractivity contribution is 0.667. The maximum absolute atomic E-state index is 2.50. The molecule has 1 heterocycles. The molecule has 12 rings (SSSR count). The average Bonchev–Trinajstić information content (AvgIpc) is 3.75. The minimum atomic E-state index is -0.0929. The fraction of sp³-hybridized carbons (Fsp3) is 0.0545. The lowest BCUT2D eigenvalue weighted by Gasteiger charge is -2.22. The molecule has 0 nitrogen and oxygen atoms in total. The summed E-state index contributed by atoms with van der Waals surface area (Å²) >= 11 is 1.98. The van der Waals surface area contributed by atoms with E-state index in [4.69, 9.17) is 0 Å². The minimum absolute atomic E-state index is 0.0929. The standard InChI is InChI=1S/C55H36S/c1-55(2)48-22-12-11-17-40(48)47-32-46(51-45-30-29-34-14-5-6-16-39(34)53(45)56-54(51)52(47)55)35-24-26-36(27-25-35)49-41-18-7-9-20-43(41)50(44-21-10-8-19-42(44)49)38-28-23-33-13-3-4-15-37(33)31-38/h3-32H,1-2H3. The summed E-state index contributed by atoms with van der Waals surface area (Å²) in [6.07, 6.45) is 0. The van der Waals surface area contributed by atoms with Crippen LogP contribution in [0.15, 0.2) is 182 Å². The molecule has 0 atom stereocenters. The molecule has 10 aromatic carbocycles. The molecule has 0 radical (unpaired) electrons. The normalized spacial score (nSPS) is 13.3. The van der Waals surface area contributed by atoms with Crippen LogP contribution < -0.4 is 0 Å².